The third kappa shape index (κ3) is 5.96. The molecule has 1 aromatic rings. The van der Waals surface area contributed by atoms with E-state index < -0.39 is 5.60 Å². The van der Waals surface area contributed by atoms with E-state index >= 15 is 0 Å². The van der Waals surface area contributed by atoms with Crippen molar-refractivity contribution in [2.24, 2.45) is 5.92 Å². The van der Waals surface area contributed by atoms with Gasteiger partial charge >= 0.3 is 0 Å². The number of aryl methyl sites for hydroxylation is 1. The summed E-state index contributed by atoms with van der Waals surface area (Å²) in [5.74, 6) is 0.0472. The zero-order valence-electron chi connectivity index (χ0n) is 15.4. The molecule has 1 rings (SSSR count). The van der Waals surface area contributed by atoms with Crippen molar-refractivity contribution in [2.75, 3.05) is 11.9 Å². The molecule has 3 N–H and O–H groups in total. The van der Waals surface area contributed by atoms with Crippen molar-refractivity contribution < 1.29 is 14.7 Å². The van der Waals surface area contributed by atoms with Crippen LogP contribution in [0.15, 0.2) is 18.2 Å². The maximum atomic E-state index is 12.2. The van der Waals surface area contributed by atoms with Crippen LogP contribution in [0.5, 0.6) is 0 Å². The zero-order valence-corrected chi connectivity index (χ0v) is 15.4. The van der Waals surface area contributed by atoms with Crippen molar-refractivity contribution in [2.45, 2.75) is 59.5 Å². The van der Waals surface area contributed by atoms with E-state index in [9.17, 15) is 14.7 Å². The summed E-state index contributed by atoms with van der Waals surface area (Å²) in [5.41, 5.74) is 1.20. The first-order valence-electron chi connectivity index (χ1n) is 8.61. The fraction of sp³-hybridized carbons (Fsp3) is 0.579. The third-order valence-corrected chi connectivity index (χ3v) is 4.25. The van der Waals surface area contributed by atoms with E-state index in [-0.39, 0.29) is 18.4 Å². The molecule has 0 bridgehead atoms. The highest BCUT2D eigenvalue weighted by Crippen LogP contribution is 2.18. The van der Waals surface area contributed by atoms with Crippen LogP contribution >= 0.6 is 0 Å². The van der Waals surface area contributed by atoms with Gasteiger partial charge in [0, 0.05) is 24.2 Å². The number of rotatable bonds is 8. The van der Waals surface area contributed by atoms with Crippen LogP contribution in [0.2, 0.25) is 0 Å². The number of nitrogens with one attached hydrogen (secondary N) is 2. The first-order chi connectivity index (χ1) is 11.2. The Bertz CT molecular complexity index is 578. The van der Waals surface area contributed by atoms with Crippen LogP contribution in [0.1, 0.15) is 62.9 Å². The minimum absolute atomic E-state index is 0.0266. The number of carbonyl (C=O) groups is 2. The lowest BCUT2D eigenvalue weighted by Gasteiger charge is -2.25. The van der Waals surface area contributed by atoms with Crippen molar-refractivity contribution in [1.29, 1.82) is 0 Å². The molecule has 0 atom stereocenters. The number of carbonyl (C=O) groups excluding carboxylic acids is 2. The molecule has 0 heterocycles. The number of hydrogen-bond acceptors (Lipinski definition) is 3. The predicted molar refractivity (Wildman–Crippen MR) is 97.1 cm³/mol. The van der Waals surface area contributed by atoms with E-state index in [4.69, 9.17) is 0 Å². The molecule has 0 aromatic heterocycles. The van der Waals surface area contributed by atoms with Gasteiger partial charge in [-0.3, -0.25) is 9.59 Å². The number of amides is 2. The van der Waals surface area contributed by atoms with Crippen LogP contribution in [0.4, 0.5) is 5.69 Å². The molecule has 0 aliphatic heterocycles. The number of aliphatic hydroxyl groups is 1. The van der Waals surface area contributed by atoms with Gasteiger partial charge in [-0.25, -0.2) is 0 Å². The van der Waals surface area contributed by atoms with Gasteiger partial charge in [0.2, 0.25) is 5.91 Å². The second kappa shape index (κ2) is 8.83. The maximum Gasteiger partial charge on any atom is 0.251 e. The minimum atomic E-state index is -0.866. The summed E-state index contributed by atoms with van der Waals surface area (Å²) in [4.78, 5) is 24.1. The van der Waals surface area contributed by atoms with Gasteiger partial charge in [-0.1, -0.05) is 27.7 Å². The summed E-state index contributed by atoms with van der Waals surface area (Å²) in [6.45, 7) is 9.87. The topological polar surface area (TPSA) is 78.4 Å². The molecule has 134 valence electrons. The highest BCUT2D eigenvalue weighted by atomic mass is 16.3. The number of hydrogen-bond donors (Lipinski definition) is 3. The van der Waals surface area contributed by atoms with Crippen LogP contribution in [0.25, 0.3) is 0 Å². The van der Waals surface area contributed by atoms with E-state index in [1.54, 1.807) is 18.2 Å². The Morgan fingerprint density at radius 2 is 1.83 bits per heavy atom. The standard InChI is InChI=1S/C19H30N2O3/c1-6-19(24,7-2)12-20-18(23)15-8-9-16(14(5)11-15)21-17(22)10-13(3)4/h8-9,11,13,24H,6-7,10,12H2,1-5H3,(H,20,23)(H,21,22). The lowest BCUT2D eigenvalue weighted by molar-refractivity contribution is -0.116. The monoisotopic (exact) mass is 334 g/mol. The summed E-state index contributed by atoms with van der Waals surface area (Å²) >= 11 is 0. The Balaban J connectivity index is 2.73. The normalized spacial score (nSPS) is 11.5. The molecule has 0 saturated carbocycles. The lowest BCUT2D eigenvalue weighted by Crippen LogP contribution is -2.42. The molecule has 0 aliphatic rings. The van der Waals surface area contributed by atoms with Crippen molar-refractivity contribution in [1.82, 2.24) is 5.32 Å². The molecule has 5 nitrogen and oxygen atoms in total. The minimum Gasteiger partial charge on any atom is -0.388 e. The highest BCUT2D eigenvalue weighted by molar-refractivity contribution is 5.96. The van der Waals surface area contributed by atoms with E-state index in [2.05, 4.69) is 10.6 Å². The summed E-state index contributed by atoms with van der Waals surface area (Å²) in [6.07, 6.45) is 1.64. The molecular weight excluding hydrogens is 304 g/mol. The second-order valence-corrected chi connectivity index (χ2v) is 6.79. The Labute approximate surface area is 144 Å². The number of benzene rings is 1. The van der Waals surface area contributed by atoms with Crippen molar-refractivity contribution in [3.63, 3.8) is 0 Å². The van der Waals surface area contributed by atoms with Crippen molar-refractivity contribution in [3.05, 3.63) is 29.3 Å². The van der Waals surface area contributed by atoms with Crippen LogP contribution < -0.4 is 10.6 Å². The van der Waals surface area contributed by atoms with Gasteiger partial charge in [-0.05, 0) is 49.4 Å². The smallest absolute Gasteiger partial charge is 0.251 e. The van der Waals surface area contributed by atoms with Crippen LogP contribution in [0.3, 0.4) is 0 Å². The summed E-state index contributed by atoms with van der Waals surface area (Å²) in [6, 6.07) is 5.18. The largest absolute Gasteiger partial charge is 0.388 e. The molecule has 2 amide bonds. The van der Waals surface area contributed by atoms with Gasteiger partial charge in [-0.2, -0.15) is 0 Å². The molecular formula is C19H30N2O3. The molecule has 0 saturated heterocycles. The Kier molecular flexibility index (Phi) is 7.42. The van der Waals surface area contributed by atoms with Gasteiger partial charge in [-0.15, -0.1) is 0 Å². The van der Waals surface area contributed by atoms with E-state index in [0.717, 1.165) is 11.3 Å². The summed E-state index contributed by atoms with van der Waals surface area (Å²) in [5, 5.41) is 15.9. The SMILES string of the molecule is CCC(O)(CC)CNC(=O)c1ccc(NC(=O)CC(C)C)c(C)c1. The molecule has 1 aromatic carbocycles. The van der Waals surface area contributed by atoms with Gasteiger partial charge in [0.05, 0.1) is 5.60 Å². The molecule has 0 radical (unpaired) electrons. The maximum absolute atomic E-state index is 12.2. The Morgan fingerprint density at radius 1 is 1.21 bits per heavy atom. The first-order valence-corrected chi connectivity index (χ1v) is 8.61. The summed E-state index contributed by atoms with van der Waals surface area (Å²) < 4.78 is 0. The van der Waals surface area contributed by atoms with Crippen LogP contribution in [-0.2, 0) is 4.79 Å². The Hall–Kier alpha value is -1.88. The Morgan fingerprint density at radius 3 is 2.33 bits per heavy atom. The first kappa shape index (κ1) is 20.2. The lowest BCUT2D eigenvalue weighted by atomic mass is 9.97. The predicted octanol–water partition coefficient (Wildman–Crippen LogP) is 3.26. The molecule has 0 fully saturated rings. The van der Waals surface area contributed by atoms with E-state index in [1.165, 1.54) is 0 Å². The van der Waals surface area contributed by atoms with Gasteiger partial charge < -0.3 is 15.7 Å². The third-order valence-electron chi connectivity index (χ3n) is 4.25. The van der Waals surface area contributed by atoms with E-state index in [0.29, 0.717) is 30.7 Å². The fourth-order valence-corrected chi connectivity index (χ4v) is 2.36. The molecule has 5 heteroatoms. The zero-order chi connectivity index (χ0) is 18.3. The molecule has 0 aliphatic carbocycles. The van der Waals surface area contributed by atoms with Gasteiger partial charge in [0.25, 0.3) is 5.91 Å². The average molecular weight is 334 g/mol. The highest BCUT2D eigenvalue weighted by Gasteiger charge is 2.23. The molecule has 24 heavy (non-hydrogen) atoms. The second-order valence-electron chi connectivity index (χ2n) is 6.79. The van der Waals surface area contributed by atoms with Crippen molar-refractivity contribution >= 4 is 17.5 Å². The van der Waals surface area contributed by atoms with Crippen molar-refractivity contribution in [3.8, 4) is 0 Å². The van der Waals surface area contributed by atoms with Crippen LogP contribution in [-0.4, -0.2) is 29.1 Å². The molecule has 0 unspecified atom stereocenters. The van der Waals surface area contributed by atoms with E-state index in [1.807, 2.05) is 34.6 Å². The van der Waals surface area contributed by atoms with Gasteiger partial charge in [0.15, 0.2) is 0 Å². The average Bonchev–Trinajstić information content (AvgIpc) is 2.53. The van der Waals surface area contributed by atoms with Crippen LogP contribution in [0, 0.1) is 12.8 Å². The quantitative estimate of drug-likeness (QED) is 0.683. The number of anilines is 1. The fourth-order valence-electron chi connectivity index (χ4n) is 2.36. The van der Waals surface area contributed by atoms with Gasteiger partial charge in [0.1, 0.15) is 0 Å². The summed E-state index contributed by atoms with van der Waals surface area (Å²) in [7, 11) is 0. The molecule has 0 spiro atoms.